The molecule has 0 atom stereocenters. The first kappa shape index (κ1) is 19.0. The molecule has 2 heterocycles. The van der Waals surface area contributed by atoms with Crippen LogP contribution in [0.3, 0.4) is 0 Å². The molecule has 0 aliphatic carbocycles. The number of urea groups is 1. The number of hydrogen-bond acceptors (Lipinski definition) is 4. The van der Waals surface area contributed by atoms with Crippen LogP contribution in [0.15, 0.2) is 54.7 Å². The number of H-pyrrole nitrogens is 1. The van der Waals surface area contributed by atoms with Gasteiger partial charge in [-0.3, -0.25) is 4.79 Å². The number of carbonyl (C=O) groups is 3. The lowest BCUT2D eigenvalue weighted by atomic mass is 10.0. The van der Waals surface area contributed by atoms with Gasteiger partial charge in [-0.1, -0.05) is 12.1 Å². The monoisotopic (exact) mass is 402 g/mol. The van der Waals surface area contributed by atoms with E-state index in [1.807, 2.05) is 24.4 Å². The number of nitrogens with one attached hydrogen (secondary N) is 3. The van der Waals surface area contributed by atoms with E-state index in [0.717, 1.165) is 16.8 Å². The van der Waals surface area contributed by atoms with Crippen LogP contribution >= 0.6 is 0 Å². The van der Waals surface area contributed by atoms with E-state index in [2.05, 4.69) is 15.6 Å². The molecule has 1 aromatic heterocycles. The predicted octanol–water partition coefficient (Wildman–Crippen LogP) is 3.45. The van der Waals surface area contributed by atoms with Gasteiger partial charge in [-0.2, -0.15) is 0 Å². The van der Waals surface area contributed by atoms with Gasteiger partial charge in [0.25, 0.3) is 5.91 Å². The van der Waals surface area contributed by atoms with Crippen molar-refractivity contribution in [3.63, 3.8) is 0 Å². The van der Waals surface area contributed by atoms with Gasteiger partial charge in [-0.15, -0.1) is 0 Å². The molecule has 0 saturated heterocycles. The average Bonchev–Trinajstić information content (AvgIpc) is 3.32. The minimum atomic E-state index is -0.676. The van der Waals surface area contributed by atoms with Gasteiger partial charge in [0.1, 0.15) is 0 Å². The molecule has 8 heteroatoms. The molecule has 8 nitrogen and oxygen atoms in total. The number of methoxy groups -OCH3 is 1. The Kier molecular flexibility index (Phi) is 4.81. The van der Waals surface area contributed by atoms with Crippen molar-refractivity contribution in [1.29, 1.82) is 0 Å². The zero-order valence-electron chi connectivity index (χ0n) is 16.0. The van der Waals surface area contributed by atoms with Crippen molar-refractivity contribution in [1.82, 2.24) is 4.98 Å². The lowest BCUT2D eigenvalue weighted by Gasteiger charge is -2.04. The Morgan fingerprint density at radius 1 is 1.07 bits per heavy atom. The number of aromatic amines is 1. The highest BCUT2D eigenvalue weighted by Gasteiger charge is 2.24. The second kappa shape index (κ2) is 7.59. The minimum Gasteiger partial charge on any atom is -0.465 e. The van der Waals surface area contributed by atoms with Gasteiger partial charge >= 0.3 is 12.0 Å². The van der Waals surface area contributed by atoms with E-state index in [0.29, 0.717) is 28.1 Å². The number of amides is 3. The third-order valence-electron chi connectivity index (χ3n) is 4.71. The zero-order chi connectivity index (χ0) is 21.3. The molecule has 0 spiro atoms. The molecule has 0 radical (unpaired) electrons. The quantitative estimate of drug-likeness (QED) is 0.394. The summed E-state index contributed by atoms with van der Waals surface area (Å²) < 4.78 is 4.71. The van der Waals surface area contributed by atoms with Gasteiger partial charge in [0, 0.05) is 28.8 Å². The zero-order valence-corrected chi connectivity index (χ0v) is 16.0. The average molecular weight is 402 g/mol. The lowest BCUT2D eigenvalue weighted by Crippen LogP contribution is -2.19. The van der Waals surface area contributed by atoms with E-state index < -0.39 is 12.0 Å². The summed E-state index contributed by atoms with van der Waals surface area (Å²) in [6.45, 7) is 0. The third kappa shape index (κ3) is 3.66. The Balaban J connectivity index is 1.63. The van der Waals surface area contributed by atoms with Gasteiger partial charge in [0.05, 0.1) is 18.2 Å². The van der Waals surface area contributed by atoms with Crippen LogP contribution in [-0.4, -0.2) is 30.0 Å². The predicted molar refractivity (Wildman–Crippen MR) is 114 cm³/mol. The molecule has 0 saturated carbocycles. The Labute approximate surface area is 171 Å². The molecule has 1 aliphatic rings. The van der Waals surface area contributed by atoms with Crippen molar-refractivity contribution < 1.29 is 19.1 Å². The van der Waals surface area contributed by atoms with Gasteiger partial charge in [-0.05, 0) is 53.6 Å². The van der Waals surface area contributed by atoms with Crippen molar-refractivity contribution in [2.45, 2.75) is 0 Å². The van der Waals surface area contributed by atoms with Crippen LogP contribution in [-0.2, 0) is 9.53 Å². The lowest BCUT2D eigenvalue weighted by molar-refractivity contribution is -0.110. The molecular formula is C22H18N4O4. The number of primary amides is 1. The first-order valence-electron chi connectivity index (χ1n) is 9.05. The van der Waals surface area contributed by atoms with Crippen LogP contribution in [0.25, 0.3) is 22.8 Å². The molecule has 30 heavy (non-hydrogen) atoms. The fourth-order valence-electron chi connectivity index (χ4n) is 3.29. The van der Waals surface area contributed by atoms with Crippen LogP contribution < -0.4 is 16.4 Å². The van der Waals surface area contributed by atoms with E-state index in [-0.39, 0.29) is 5.91 Å². The summed E-state index contributed by atoms with van der Waals surface area (Å²) in [5.41, 5.74) is 10.5. The van der Waals surface area contributed by atoms with Crippen molar-refractivity contribution in [2.75, 3.05) is 17.7 Å². The normalized spacial score (nSPS) is 13.6. The number of esters is 1. The fourth-order valence-corrected chi connectivity index (χ4v) is 3.29. The van der Waals surface area contributed by atoms with Crippen molar-refractivity contribution in [3.8, 4) is 11.1 Å². The highest BCUT2D eigenvalue weighted by molar-refractivity contribution is 6.35. The molecule has 3 amide bonds. The van der Waals surface area contributed by atoms with E-state index in [4.69, 9.17) is 10.5 Å². The molecule has 150 valence electrons. The van der Waals surface area contributed by atoms with E-state index in [9.17, 15) is 14.4 Å². The third-order valence-corrected chi connectivity index (χ3v) is 4.71. The van der Waals surface area contributed by atoms with Gasteiger partial charge in [0.2, 0.25) is 0 Å². The number of rotatable bonds is 4. The standard InChI is InChI=1S/C22H18N4O4/c1-30-21(28)13-4-2-12(3-5-13)14-8-16(24-11-14)10-18-17-9-15(25-22(23)29)6-7-19(17)26-20(18)27/h2-11,24H,1H3,(H,26,27)(H3,23,25,29)/b18-10-. The summed E-state index contributed by atoms with van der Waals surface area (Å²) in [6, 6.07) is 13.3. The molecule has 4 rings (SSSR count). The molecule has 2 aromatic carbocycles. The number of fused-ring (bicyclic) bond motifs is 1. The van der Waals surface area contributed by atoms with Gasteiger partial charge in [0.15, 0.2) is 0 Å². The number of anilines is 2. The largest absolute Gasteiger partial charge is 0.465 e. The Bertz CT molecular complexity index is 1190. The first-order chi connectivity index (χ1) is 14.4. The minimum absolute atomic E-state index is 0.236. The van der Waals surface area contributed by atoms with E-state index >= 15 is 0 Å². The first-order valence-corrected chi connectivity index (χ1v) is 9.05. The molecule has 3 aromatic rings. The highest BCUT2D eigenvalue weighted by atomic mass is 16.5. The topological polar surface area (TPSA) is 126 Å². The number of benzene rings is 2. The molecular weight excluding hydrogens is 384 g/mol. The second-order valence-electron chi connectivity index (χ2n) is 6.67. The number of ether oxygens (including phenoxy) is 1. The summed E-state index contributed by atoms with van der Waals surface area (Å²) in [5, 5.41) is 5.31. The smallest absolute Gasteiger partial charge is 0.337 e. The Hall–Kier alpha value is -4.33. The van der Waals surface area contributed by atoms with Gasteiger partial charge < -0.3 is 26.1 Å². The molecule has 0 fully saturated rings. The Morgan fingerprint density at radius 3 is 2.53 bits per heavy atom. The number of aromatic nitrogens is 1. The van der Waals surface area contributed by atoms with Crippen LogP contribution in [0.5, 0.6) is 0 Å². The highest BCUT2D eigenvalue weighted by Crippen LogP contribution is 2.35. The van der Waals surface area contributed by atoms with Crippen LogP contribution in [0, 0.1) is 0 Å². The second-order valence-corrected chi connectivity index (χ2v) is 6.67. The SMILES string of the molecule is COC(=O)c1ccc(-c2c[nH]c(/C=C3\C(=O)Nc4ccc(NC(N)=O)cc43)c2)cc1. The summed E-state index contributed by atoms with van der Waals surface area (Å²) in [7, 11) is 1.34. The van der Waals surface area contributed by atoms with Crippen LogP contribution in [0.4, 0.5) is 16.2 Å². The molecule has 1 aliphatic heterocycles. The van der Waals surface area contributed by atoms with Crippen LogP contribution in [0.1, 0.15) is 21.6 Å². The summed E-state index contributed by atoms with van der Waals surface area (Å²) in [4.78, 5) is 38.2. The van der Waals surface area contributed by atoms with E-state index in [1.165, 1.54) is 7.11 Å². The maximum absolute atomic E-state index is 12.4. The summed E-state index contributed by atoms with van der Waals surface area (Å²) in [5.74, 6) is -0.628. The number of nitrogens with two attached hydrogens (primary N) is 1. The molecule has 5 N–H and O–H groups in total. The maximum atomic E-state index is 12.4. The van der Waals surface area contributed by atoms with Crippen LogP contribution in [0.2, 0.25) is 0 Å². The van der Waals surface area contributed by atoms with Crippen molar-refractivity contribution in [2.24, 2.45) is 5.73 Å². The molecule has 0 unspecified atom stereocenters. The number of carbonyl (C=O) groups excluding carboxylic acids is 3. The fraction of sp³-hybridized carbons (Fsp3) is 0.0455. The molecule has 0 bridgehead atoms. The van der Waals surface area contributed by atoms with Crippen molar-refractivity contribution in [3.05, 3.63) is 71.5 Å². The van der Waals surface area contributed by atoms with Gasteiger partial charge in [-0.25, -0.2) is 9.59 Å². The van der Waals surface area contributed by atoms with Crippen molar-refractivity contribution >= 4 is 40.9 Å². The number of hydrogen-bond donors (Lipinski definition) is 4. The maximum Gasteiger partial charge on any atom is 0.337 e. The van der Waals surface area contributed by atoms with E-state index in [1.54, 1.807) is 36.4 Å². The Morgan fingerprint density at radius 2 is 1.83 bits per heavy atom. The summed E-state index contributed by atoms with van der Waals surface area (Å²) in [6.07, 6.45) is 3.56. The summed E-state index contributed by atoms with van der Waals surface area (Å²) >= 11 is 0.